The van der Waals surface area contributed by atoms with Crippen LogP contribution in [-0.4, -0.2) is 61.2 Å². The molecule has 3 unspecified atom stereocenters. The summed E-state index contributed by atoms with van der Waals surface area (Å²) in [5.74, 6) is -1.95. The largest absolute Gasteiger partial charge is 0.394 e. The van der Waals surface area contributed by atoms with Crippen molar-refractivity contribution in [3.8, 4) is 0 Å². The number of aliphatic hydroxyl groups is 1. The van der Waals surface area contributed by atoms with Crippen molar-refractivity contribution in [2.45, 2.75) is 53.2 Å². The van der Waals surface area contributed by atoms with E-state index < -0.39 is 28.7 Å². The molecule has 7 atom stereocenters. The minimum Gasteiger partial charge on any atom is -0.394 e. The molecule has 0 aromatic heterocycles. The number of rotatable bonds is 8. The van der Waals surface area contributed by atoms with Gasteiger partial charge in [-0.05, 0) is 42.7 Å². The SMILES string of the molecule is CC[C@@H](CO)N1C(=O)[C@@H]2[C@H](C(=O)NCc3ccccc3)[C@H]3SC2(CC3Br)C1C(=O)Nc1ccc(Cl)cc1. The van der Waals surface area contributed by atoms with Gasteiger partial charge in [0.2, 0.25) is 17.7 Å². The zero-order valence-corrected chi connectivity index (χ0v) is 23.4. The van der Waals surface area contributed by atoms with Crippen LogP contribution >= 0.6 is 39.3 Å². The van der Waals surface area contributed by atoms with Crippen molar-refractivity contribution in [2.24, 2.45) is 11.8 Å². The molecule has 3 aliphatic rings. The first kappa shape index (κ1) is 26.5. The van der Waals surface area contributed by atoms with Crippen LogP contribution < -0.4 is 10.6 Å². The summed E-state index contributed by atoms with van der Waals surface area (Å²) in [6, 6.07) is 15.1. The number of nitrogens with zero attached hydrogens (tertiary/aromatic N) is 1. The highest BCUT2D eigenvalue weighted by Crippen LogP contribution is 2.68. The average molecular weight is 607 g/mol. The topological polar surface area (TPSA) is 98.7 Å². The highest BCUT2D eigenvalue weighted by molar-refractivity contribution is 9.09. The van der Waals surface area contributed by atoms with Crippen molar-refractivity contribution in [1.82, 2.24) is 10.2 Å². The van der Waals surface area contributed by atoms with E-state index in [-0.39, 0.29) is 34.4 Å². The molecule has 0 radical (unpaired) electrons. The number of anilines is 1. The Labute approximate surface area is 233 Å². The second-order valence-corrected chi connectivity index (χ2v) is 13.0. The number of carbonyl (C=O) groups is 3. The number of thioether (sulfide) groups is 1. The summed E-state index contributed by atoms with van der Waals surface area (Å²) in [4.78, 5) is 43.0. The number of aliphatic hydroxyl groups excluding tert-OH is 1. The number of halogens is 2. The molecule has 3 N–H and O–H groups in total. The van der Waals surface area contributed by atoms with E-state index in [2.05, 4.69) is 26.6 Å². The molecule has 7 nitrogen and oxygen atoms in total. The van der Waals surface area contributed by atoms with Gasteiger partial charge in [0.05, 0.1) is 29.2 Å². The number of likely N-dealkylation sites (tertiary alicyclic amines) is 1. The van der Waals surface area contributed by atoms with Crippen LogP contribution in [0.15, 0.2) is 54.6 Å². The number of nitrogens with one attached hydrogen (secondary N) is 2. The fourth-order valence-electron chi connectivity index (χ4n) is 6.12. The van der Waals surface area contributed by atoms with Gasteiger partial charge in [-0.25, -0.2) is 0 Å². The van der Waals surface area contributed by atoms with Gasteiger partial charge >= 0.3 is 0 Å². The third-order valence-electron chi connectivity index (χ3n) is 7.77. The average Bonchev–Trinajstić information content (AvgIpc) is 3.49. The first-order chi connectivity index (χ1) is 17.8. The van der Waals surface area contributed by atoms with Gasteiger partial charge in [-0.3, -0.25) is 14.4 Å². The van der Waals surface area contributed by atoms with Crippen LogP contribution in [-0.2, 0) is 20.9 Å². The number of hydrogen-bond donors (Lipinski definition) is 3. The molecule has 10 heteroatoms. The minimum atomic E-state index is -0.820. The van der Waals surface area contributed by atoms with E-state index in [1.807, 2.05) is 37.3 Å². The molecule has 3 heterocycles. The Kier molecular flexibility index (Phi) is 7.60. The van der Waals surface area contributed by atoms with E-state index >= 15 is 0 Å². The molecule has 2 aromatic rings. The van der Waals surface area contributed by atoms with Gasteiger partial charge in [0, 0.05) is 27.3 Å². The molecule has 2 bridgehead atoms. The van der Waals surface area contributed by atoms with Crippen LogP contribution in [0.3, 0.4) is 0 Å². The third-order valence-corrected chi connectivity index (χ3v) is 11.2. The Balaban J connectivity index is 1.47. The van der Waals surface area contributed by atoms with Crippen molar-refractivity contribution in [2.75, 3.05) is 11.9 Å². The first-order valence-corrected chi connectivity index (χ1v) is 14.6. The van der Waals surface area contributed by atoms with Gasteiger partial charge in [0.15, 0.2) is 0 Å². The van der Waals surface area contributed by atoms with Gasteiger partial charge in [-0.15, -0.1) is 11.8 Å². The fraction of sp³-hybridized carbons (Fsp3) is 0.444. The molecular weight excluding hydrogens is 578 g/mol. The van der Waals surface area contributed by atoms with E-state index in [4.69, 9.17) is 11.6 Å². The molecule has 3 saturated heterocycles. The minimum absolute atomic E-state index is 0.0194. The molecule has 196 valence electrons. The summed E-state index contributed by atoms with van der Waals surface area (Å²) in [6.07, 6.45) is 1.07. The van der Waals surface area contributed by atoms with Crippen LogP contribution in [0, 0.1) is 11.8 Å². The zero-order valence-electron chi connectivity index (χ0n) is 20.3. The monoisotopic (exact) mass is 605 g/mol. The van der Waals surface area contributed by atoms with Crippen LogP contribution in [0.4, 0.5) is 5.69 Å². The summed E-state index contributed by atoms with van der Waals surface area (Å²) >= 11 is 11.4. The number of hydrogen-bond acceptors (Lipinski definition) is 5. The molecule has 1 spiro atoms. The Hall–Kier alpha value is -2.07. The fourth-order valence-corrected chi connectivity index (χ4v) is 9.85. The third kappa shape index (κ3) is 4.58. The molecule has 0 saturated carbocycles. The van der Waals surface area contributed by atoms with Crippen LogP contribution in [0.1, 0.15) is 25.3 Å². The lowest BCUT2D eigenvalue weighted by Gasteiger charge is -2.37. The predicted molar refractivity (Wildman–Crippen MR) is 149 cm³/mol. The number of fused-ring (bicyclic) bond motifs is 1. The molecule has 2 aromatic carbocycles. The summed E-state index contributed by atoms with van der Waals surface area (Å²) < 4.78 is -0.774. The lowest BCUT2D eigenvalue weighted by atomic mass is 9.70. The molecule has 3 amide bonds. The number of alkyl halides is 1. The number of benzene rings is 2. The Bertz CT molecular complexity index is 1180. The van der Waals surface area contributed by atoms with Gasteiger partial charge in [0.25, 0.3) is 0 Å². The smallest absolute Gasteiger partial charge is 0.248 e. The molecule has 5 rings (SSSR count). The summed E-state index contributed by atoms with van der Waals surface area (Å²) in [5.41, 5.74) is 1.55. The van der Waals surface area contributed by atoms with Crippen molar-refractivity contribution < 1.29 is 19.5 Å². The first-order valence-electron chi connectivity index (χ1n) is 12.4. The molecular formula is C27H29BrClN3O4S. The zero-order chi connectivity index (χ0) is 26.3. The van der Waals surface area contributed by atoms with E-state index in [1.165, 1.54) is 0 Å². The summed E-state index contributed by atoms with van der Waals surface area (Å²) in [5, 5.41) is 16.6. The highest BCUT2D eigenvalue weighted by atomic mass is 79.9. The van der Waals surface area contributed by atoms with E-state index in [9.17, 15) is 19.5 Å². The lowest BCUT2D eigenvalue weighted by molar-refractivity contribution is -0.142. The van der Waals surface area contributed by atoms with Crippen molar-refractivity contribution in [3.63, 3.8) is 0 Å². The molecule has 0 aliphatic carbocycles. The second kappa shape index (κ2) is 10.6. The quantitative estimate of drug-likeness (QED) is 0.397. The molecule has 3 fully saturated rings. The maximum atomic E-state index is 14.0. The number of amides is 3. The Morgan fingerprint density at radius 1 is 1.19 bits per heavy atom. The summed E-state index contributed by atoms with van der Waals surface area (Å²) in [7, 11) is 0. The van der Waals surface area contributed by atoms with Crippen molar-refractivity contribution in [3.05, 3.63) is 65.2 Å². The highest BCUT2D eigenvalue weighted by Gasteiger charge is 2.76. The van der Waals surface area contributed by atoms with Crippen LogP contribution in [0.5, 0.6) is 0 Å². The maximum Gasteiger partial charge on any atom is 0.248 e. The van der Waals surface area contributed by atoms with E-state index in [1.54, 1.807) is 40.9 Å². The maximum absolute atomic E-state index is 14.0. The van der Waals surface area contributed by atoms with Gasteiger partial charge in [-0.1, -0.05) is 64.8 Å². The van der Waals surface area contributed by atoms with Gasteiger partial charge in [0.1, 0.15) is 6.04 Å². The van der Waals surface area contributed by atoms with Crippen molar-refractivity contribution in [1.29, 1.82) is 0 Å². The standard InChI is InChI=1S/C27H29BrClN3O4S/c1-2-18(14-33)32-23(25(35)31-17-10-8-16(29)9-11-17)27-12-19(28)22(37-27)20(21(27)26(32)36)24(34)30-13-15-6-4-3-5-7-15/h3-11,18-23,33H,2,12-14H2,1H3,(H,30,34)(H,31,35)/t18-,19?,20-,21-,22-,23?,27?/m0/s1. The van der Waals surface area contributed by atoms with Gasteiger partial charge in [-0.2, -0.15) is 0 Å². The normalized spacial score (nSPS) is 30.8. The van der Waals surface area contributed by atoms with E-state index in [0.717, 1.165) is 5.56 Å². The van der Waals surface area contributed by atoms with Crippen LogP contribution in [0.2, 0.25) is 5.02 Å². The number of carbonyl (C=O) groups excluding carboxylic acids is 3. The van der Waals surface area contributed by atoms with Gasteiger partial charge < -0.3 is 20.6 Å². The lowest BCUT2D eigenvalue weighted by Crippen LogP contribution is -2.55. The second-order valence-electron chi connectivity index (χ2n) is 9.85. The molecule has 3 aliphatic heterocycles. The molecule has 37 heavy (non-hydrogen) atoms. The summed E-state index contributed by atoms with van der Waals surface area (Å²) in [6.45, 7) is 2.00. The van der Waals surface area contributed by atoms with Crippen molar-refractivity contribution >= 4 is 62.7 Å². The Morgan fingerprint density at radius 2 is 1.89 bits per heavy atom. The van der Waals surface area contributed by atoms with Crippen LogP contribution in [0.25, 0.3) is 0 Å². The predicted octanol–water partition coefficient (Wildman–Crippen LogP) is 3.83. The van der Waals surface area contributed by atoms with E-state index in [0.29, 0.717) is 30.1 Å². The Morgan fingerprint density at radius 3 is 2.54 bits per heavy atom.